The summed E-state index contributed by atoms with van der Waals surface area (Å²) in [6.07, 6.45) is 2.97. The van der Waals surface area contributed by atoms with E-state index in [-0.39, 0.29) is 53.3 Å². The highest BCUT2D eigenvalue weighted by molar-refractivity contribution is 6.44. The Kier molecular flexibility index (Phi) is 5.38. The number of carbonyl (C=O) groups is 4. The summed E-state index contributed by atoms with van der Waals surface area (Å²) in [6.45, 7) is 0.118. The van der Waals surface area contributed by atoms with Gasteiger partial charge in [0.25, 0.3) is 0 Å². The summed E-state index contributed by atoms with van der Waals surface area (Å²) >= 11 is 12.3. The molecule has 2 aliphatic heterocycles. The lowest BCUT2D eigenvalue weighted by Crippen LogP contribution is -2.32. The quantitative estimate of drug-likeness (QED) is 0.342. The zero-order valence-electron chi connectivity index (χ0n) is 18.7. The number of amides is 3. The Hall–Kier alpha value is -2.90. The van der Waals surface area contributed by atoms with Crippen molar-refractivity contribution in [3.63, 3.8) is 0 Å². The van der Waals surface area contributed by atoms with E-state index in [1.165, 1.54) is 9.80 Å². The van der Waals surface area contributed by atoms with Gasteiger partial charge in [-0.3, -0.25) is 19.2 Å². The number of halogens is 2. The minimum absolute atomic E-state index is 0.0173. The second kappa shape index (κ2) is 8.35. The van der Waals surface area contributed by atoms with Gasteiger partial charge >= 0.3 is 5.97 Å². The number of hydrogen-bond acceptors (Lipinski definition) is 5. The normalized spacial score (nSPS) is 29.3. The molecule has 6 rings (SSSR count). The van der Waals surface area contributed by atoms with Crippen LogP contribution in [0.4, 0.5) is 11.4 Å². The van der Waals surface area contributed by atoms with Crippen LogP contribution in [0.1, 0.15) is 25.7 Å². The largest absolute Gasteiger partial charge is 0.426 e. The second-order valence-corrected chi connectivity index (χ2v) is 10.6. The molecule has 0 spiro atoms. The number of esters is 1. The number of anilines is 2. The number of nitrogens with zero attached hydrogens (tertiary/aromatic N) is 2. The van der Waals surface area contributed by atoms with E-state index in [9.17, 15) is 19.2 Å². The third-order valence-electron chi connectivity index (χ3n) is 7.90. The highest BCUT2D eigenvalue weighted by Gasteiger charge is 2.61. The van der Waals surface area contributed by atoms with Crippen LogP contribution in [0, 0.1) is 29.6 Å². The smallest absolute Gasteiger partial charge is 0.316 e. The summed E-state index contributed by atoms with van der Waals surface area (Å²) in [6, 6.07) is 11.5. The van der Waals surface area contributed by atoms with Crippen LogP contribution >= 0.6 is 23.2 Å². The molecule has 5 atom stereocenters. The van der Waals surface area contributed by atoms with Gasteiger partial charge in [-0.2, -0.15) is 0 Å². The number of rotatable bonds is 4. The van der Waals surface area contributed by atoms with Gasteiger partial charge in [0, 0.05) is 19.0 Å². The summed E-state index contributed by atoms with van der Waals surface area (Å²) < 4.78 is 5.58. The fourth-order valence-electron chi connectivity index (χ4n) is 6.35. The van der Waals surface area contributed by atoms with E-state index >= 15 is 0 Å². The fourth-order valence-corrected chi connectivity index (χ4v) is 6.75. The first-order valence-corrected chi connectivity index (χ1v) is 12.5. The molecule has 35 heavy (non-hydrogen) atoms. The van der Waals surface area contributed by atoms with Crippen LogP contribution in [0.15, 0.2) is 42.5 Å². The Labute approximate surface area is 211 Å². The van der Waals surface area contributed by atoms with Gasteiger partial charge in [0.1, 0.15) is 5.75 Å². The molecule has 7 nitrogen and oxygen atoms in total. The van der Waals surface area contributed by atoms with Crippen LogP contribution < -0.4 is 14.5 Å². The first-order valence-electron chi connectivity index (χ1n) is 11.8. The van der Waals surface area contributed by atoms with Gasteiger partial charge in [0.15, 0.2) is 0 Å². The second-order valence-electron chi connectivity index (χ2n) is 9.79. The summed E-state index contributed by atoms with van der Waals surface area (Å²) in [5, 5.41) is 0.574. The molecule has 4 aliphatic rings. The SMILES string of the molecule is O=C(Oc1cccc(N2C(=O)[C@@H]3[C@H]4CC[C@@H](C4)[C@H]3C2=O)c1)[C@H]1CC(=O)N(c2cccc(Cl)c2Cl)C1. The number of imide groups is 1. The van der Waals surface area contributed by atoms with E-state index in [1.807, 2.05) is 0 Å². The lowest BCUT2D eigenvalue weighted by molar-refractivity contribution is -0.139. The van der Waals surface area contributed by atoms with Crippen molar-refractivity contribution in [2.24, 2.45) is 29.6 Å². The molecule has 2 saturated heterocycles. The Morgan fingerprint density at radius 2 is 1.63 bits per heavy atom. The Morgan fingerprint density at radius 1 is 0.943 bits per heavy atom. The molecule has 2 aromatic rings. The zero-order chi connectivity index (χ0) is 24.4. The molecule has 3 amide bonds. The van der Waals surface area contributed by atoms with E-state index in [1.54, 1.807) is 42.5 Å². The minimum Gasteiger partial charge on any atom is -0.426 e. The molecular weight excluding hydrogens is 491 g/mol. The van der Waals surface area contributed by atoms with E-state index in [0.29, 0.717) is 28.2 Å². The minimum atomic E-state index is -0.689. The molecule has 0 radical (unpaired) electrons. The van der Waals surface area contributed by atoms with E-state index in [4.69, 9.17) is 27.9 Å². The molecule has 2 aliphatic carbocycles. The molecule has 0 unspecified atom stereocenters. The third kappa shape index (κ3) is 3.55. The molecule has 0 N–H and O–H groups in total. The lowest BCUT2D eigenvalue weighted by Gasteiger charge is -2.19. The number of hydrogen-bond donors (Lipinski definition) is 0. The van der Waals surface area contributed by atoms with Gasteiger partial charge in [-0.05, 0) is 55.4 Å². The van der Waals surface area contributed by atoms with Crippen molar-refractivity contribution in [3.8, 4) is 5.75 Å². The summed E-state index contributed by atoms with van der Waals surface area (Å²) in [5.41, 5.74) is 0.862. The number of ether oxygens (including phenoxy) is 1. The van der Waals surface area contributed by atoms with Gasteiger partial charge in [0.2, 0.25) is 17.7 Å². The zero-order valence-corrected chi connectivity index (χ0v) is 20.2. The van der Waals surface area contributed by atoms with Gasteiger partial charge in [-0.25, -0.2) is 4.90 Å². The molecule has 4 fully saturated rings. The maximum atomic E-state index is 13.1. The molecular formula is C26H22Cl2N2O5. The average Bonchev–Trinajstić information content (AvgIpc) is 3.59. The van der Waals surface area contributed by atoms with Crippen molar-refractivity contribution >= 4 is 58.3 Å². The van der Waals surface area contributed by atoms with Crippen molar-refractivity contribution in [1.29, 1.82) is 0 Å². The van der Waals surface area contributed by atoms with E-state index in [2.05, 4.69) is 0 Å². The van der Waals surface area contributed by atoms with E-state index < -0.39 is 11.9 Å². The van der Waals surface area contributed by atoms with Gasteiger partial charge in [0.05, 0.1) is 39.2 Å². The molecule has 2 bridgehead atoms. The number of carbonyl (C=O) groups excluding carboxylic acids is 4. The highest BCUT2D eigenvalue weighted by Crippen LogP contribution is 2.56. The fraction of sp³-hybridized carbons (Fsp3) is 0.385. The lowest BCUT2D eigenvalue weighted by atomic mass is 9.81. The number of benzene rings is 2. The molecule has 2 heterocycles. The van der Waals surface area contributed by atoms with Crippen molar-refractivity contribution < 1.29 is 23.9 Å². The molecule has 9 heteroatoms. The van der Waals surface area contributed by atoms with Crippen molar-refractivity contribution in [2.75, 3.05) is 16.3 Å². The van der Waals surface area contributed by atoms with Crippen LogP contribution in [0.2, 0.25) is 10.0 Å². The van der Waals surface area contributed by atoms with Crippen LogP contribution in [0.5, 0.6) is 5.75 Å². The summed E-state index contributed by atoms with van der Waals surface area (Å²) in [5.74, 6) is -1.43. The van der Waals surface area contributed by atoms with Crippen molar-refractivity contribution in [3.05, 3.63) is 52.5 Å². The topological polar surface area (TPSA) is 84.0 Å². The van der Waals surface area contributed by atoms with Gasteiger partial charge in [-0.1, -0.05) is 35.3 Å². The monoisotopic (exact) mass is 512 g/mol. The Balaban J connectivity index is 1.17. The van der Waals surface area contributed by atoms with E-state index in [0.717, 1.165) is 19.3 Å². The van der Waals surface area contributed by atoms with Crippen LogP contribution in [-0.4, -0.2) is 30.2 Å². The van der Waals surface area contributed by atoms with Crippen LogP contribution in [-0.2, 0) is 19.2 Å². The first-order chi connectivity index (χ1) is 16.8. The van der Waals surface area contributed by atoms with Crippen LogP contribution in [0.25, 0.3) is 0 Å². The first kappa shape index (κ1) is 22.6. The van der Waals surface area contributed by atoms with Crippen LogP contribution in [0.3, 0.4) is 0 Å². The predicted molar refractivity (Wildman–Crippen MR) is 129 cm³/mol. The Morgan fingerprint density at radius 3 is 2.34 bits per heavy atom. The standard InChI is InChI=1S/C26H22Cl2N2O5/c27-18-5-2-6-19(23(18)28)29-12-15(10-20(29)31)26(34)35-17-4-1-3-16(11-17)30-24(32)21-13-7-8-14(9-13)22(21)25(30)33/h1-6,11,13-15,21-22H,7-10,12H2/t13-,14-,15-,21+,22+/m0/s1. The molecule has 2 saturated carbocycles. The summed E-state index contributed by atoms with van der Waals surface area (Å²) in [7, 11) is 0. The Bertz CT molecular complexity index is 1250. The third-order valence-corrected chi connectivity index (χ3v) is 8.71. The average molecular weight is 513 g/mol. The van der Waals surface area contributed by atoms with Gasteiger partial charge in [-0.15, -0.1) is 0 Å². The molecule has 180 valence electrons. The highest BCUT2D eigenvalue weighted by atomic mass is 35.5. The molecule has 2 aromatic carbocycles. The maximum absolute atomic E-state index is 13.1. The van der Waals surface area contributed by atoms with Crippen molar-refractivity contribution in [2.45, 2.75) is 25.7 Å². The molecule has 0 aromatic heterocycles. The summed E-state index contributed by atoms with van der Waals surface area (Å²) in [4.78, 5) is 54.4. The maximum Gasteiger partial charge on any atom is 0.316 e. The number of fused-ring (bicyclic) bond motifs is 5. The predicted octanol–water partition coefficient (Wildman–Crippen LogP) is 4.49. The van der Waals surface area contributed by atoms with Gasteiger partial charge < -0.3 is 9.64 Å². The van der Waals surface area contributed by atoms with Crippen molar-refractivity contribution in [1.82, 2.24) is 0 Å².